The quantitative estimate of drug-likeness (QED) is 0.322. The van der Waals surface area contributed by atoms with E-state index in [2.05, 4.69) is 46.0 Å². The van der Waals surface area contributed by atoms with Crippen molar-refractivity contribution in [3.05, 3.63) is 56.6 Å². The Hall–Kier alpha value is -2.93. The number of benzene rings is 1. The van der Waals surface area contributed by atoms with Gasteiger partial charge in [0.25, 0.3) is 0 Å². The molecule has 4 aromatic rings. The molecular weight excluding hydrogens is 483 g/mol. The summed E-state index contributed by atoms with van der Waals surface area (Å²) in [5.41, 5.74) is 5.13. The first kappa shape index (κ1) is 22.8. The number of carbonyl (C=O) groups is 1. The summed E-state index contributed by atoms with van der Waals surface area (Å²) in [5, 5.41) is 24.9. The highest BCUT2D eigenvalue weighted by Gasteiger charge is 2.23. The first-order chi connectivity index (χ1) is 16.6. The lowest BCUT2D eigenvalue weighted by Crippen LogP contribution is -2.14. The lowest BCUT2D eigenvalue weighted by molar-refractivity contribution is -0.113. The number of aromatic nitrogens is 3. The molecule has 0 unspecified atom stereocenters. The topological polar surface area (TPSA) is 83.6 Å². The molecule has 1 aliphatic rings. The Labute approximate surface area is 210 Å². The molecule has 172 valence electrons. The highest BCUT2D eigenvalue weighted by molar-refractivity contribution is 7.99. The molecular formula is C25H23N5OS3. The first-order valence-electron chi connectivity index (χ1n) is 11.1. The van der Waals surface area contributed by atoms with Crippen LogP contribution in [0.3, 0.4) is 0 Å². The molecule has 0 saturated carbocycles. The van der Waals surface area contributed by atoms with Crippen LogP contribution < -0.4 is 5.32 Å². The first-order valence-corrected chi connectivity index (χ1v) is 13.8. The molecule has 34 heavy (non-hydrogen) atoms. The maximum absolute atomic E-state index is 12.7. The van der Waals surface area contributed by atoms with E-state index in [1.807, 2.05) is 29.8 Å². The summed E-state index contributed by atoms with van der Waals surface area (Å²) >= 11 is 4.59. The lowest BCUT2D eigenvalue weighted by atomic mass is 9.96. The van der Waals surface area contributed by atoms with Crippen molar-refractivity contribution in [2.45, 2.75) is 37.8 Å². The molecule has 1 amide bonds. The predicted molar refractivity (Wildman–Crippen MR) is 140 cm³/mol. The average Bonchev–Trinajstić information content (AvgIpc) is 3.52. The standard InChI is InChI=1S/C25H23N5OS3/c1-15-22(16-8-4-3-5-9-16)19(13-32-15)23-28-29-25(30(23)2)33-14-21(31)27-24-18(12-26)17-10-6-7-11-20(17)34-24/h3-5,8-9,13H,6-7,10-11,14H2,1-2H3,(H,27,31). The number of aryl methyl sites for hydroxylation is 2. The van der Waals surface area contributed by atoms with Gasteiger partial charge in [-0.1, -0.05) is 42.1 Å². The van der Waals surface area contributed by atoms with Crippen LogP contribution in [0.5, 0.6) is 0 Å². The highest BCUT2D eigenvalue weighted by atomic mass is 32.2. The normalized spacial score (nSPS) is 12.9. The van der Waals surface area contributed by atoms with Gasteiger partial charge in [0.15, 0.2) is 11.0 Å². The van der Waals surface area contributed by atoms with E-state index in [0.717, 1.165) is 48.2 Å². The Morgan fingerprint density at radius 1 is 1.24 bits per heavy atom. The average molecular weight is 506 g/mol. The summed E-state index contributed by atoms with van der Waals surface area (Å²) in [7, 11) is 1.93. The van der Waals surface area contributed by atoms with Crippen molar-refractivity contribution in [2.75, 3.05) is 11.1 Å². The van der Waals surface area contributed by atoms with Crippen molar-refractivity contribution in [1.82, 2.24) is 14.8 Å². The molecule has 6 nitrogen and oxygen atoms in total. The Morgan fingerprint density at radius 3 is 2.82 bits per heavy atom. The zero-order chi connectivity index (χ0) is 23.7. The fourth-order valence-electron chi connectivity index (χ4n) is 4.32. The number of hydrogen-bond acceptors (Lipinski definition) is 7. The van der Waals surface area contributed by atoms with Crippen LogP contribution in [-0.4, -0.2) is 26.4 Å². The number of rotatable bonds is 6. The van der Waals surface area contributed by atoms with E-state index in [4.69, 9.17) is 0 Å². The summed E-state index contributed by atoms with van der Waals surface area (Å²) in [6.07, 6.45) is 4.17. The van der Waals surface area contributed by atoms with Gasteiger partial charge in [-0.25, -0.2) is 0 Å². The van der Waals surface area contributed by atoms with Gasteiger partial charge in [0.1, 0.15) is 11.1 Å². The van der Waals surface area contributed by atoms with Crippen molar-refractivity contribution in [2.24, 2.45) is 7.05 Å². The summed E-state index contributed by atoms with van der Waals surface area (Å²) in [5.74, 6) is 0.845. The molecule has 0 fully saturated rings. The number of anilines is 1. The maximum atomic E-state index is 12.7. The Kier molecular flexibility index (Phi) is 6.55. The second-order valence-corrected chi connectivity index (χ2v) is 11.3. The van der Waals surface area contributed by atoms with Crippen LogP contribution in [0.1, 0.15) is 33.7 Å². The van der Waals surface area contributed by atoms with Gasteiger partial charge in [0.05, 0.1) is 11.3 Å². The Bertz CT molecular complexity index is 1390. The molecule has 0 aliphatic heterocycles. The van der Waals surface area contributed by atoms with Gasteiger partial charge in [-0.3, -0.25) is 4.79 Å². The highest BCUT2D eigenvalue weighted by Crippen LogP contribution is 2.39. The fraction of sp³-hybridized carbons (Fsp3) is 0.280. The SMILES string of the molecule is Cc1scc(-c2nnc(SCC(=O)Nc3sc4c(c3C#N)CCCC4)n2C)c1-c1ccccc1. The van der Waals surface area contributed by atoms with Crippen LogP contribution in [0, 0.1) is 18.3 Å². The van der Waals surface area contributed by atoms with E-state index in [1.54, 1.807) is 22.7 Å². The van der Waals surface area contributed by atoms with Crippen molar-refractivity contribution in [1.29, 1.82) is 5.26 Å². The number of nitriles is 1. The Morgan fingerprint density at radius 2 is 2.03 bits per heavy atom. The number of hydrogen-bond donors (Lipinski definition) is 1. The van der Waals surface area contributed by atoms with E-state index in [1.165, 1.54) is 27.1 Å². The van der Waals surface area contributed by atoms with E-state index < -0.39 is 0 Å². The number of amides is 1. The minimum atomic E-state index is -0.138. The van der Waals surface area contributed by atoms with Crippen LogP contribution in [0.25, 0.3) is 22.5 Å². The van der Waals surface area contributed by atoms with Gasteiger partial charge in [-0.05, 0) is 43.7 Å². The molecule has 3 aromatic heterocycles. The third-order valence-corrected chi connectivity index (χ3v) is 9.12. The van der Waals surface area contributed by atoms with Gasteiger partial charge >= 0.3 is 0 Å². The third kappa shape index (κ3) is 4.29. The van der Waals surface area contributed by atoms with Gasteiger partial charge < -0.3 is 9.88 Å². The monoisotopic (exact) mass is 505 g/mol. The van der Waals surface area contributed by atoms with Crippen LogP contribution >= 0.6 is 34.4 Å². The number of thiophene rings is 2. The van der Waals surface area contributed by atoms with Gasteiger partial charge in [-0.15, -0.1) is 32.9 Å². The molecule has 0 atom stereocenters. The summed E-state index contributed by atoms with van der Waals surface area (Å²) in [4.78, 5) is 15.2. The largest absolute Gasteiger partial charge is 0.316 e. The van der Waals surface area contributed by atoms with Crippen LogP contribution in [0.4, 0.5) is 5.00 Å². The second-order valence-electron chi connectivity index (χ2n) is 8.18. The number of fused-ring (bicyclic) bond motifs is 1. The number of carbonyl (C=O) groups excluding carboxylic acids is 1. The van der Waals surface area contributed by atoms with Crippen LogP contribution in [0.2, 0.25) is 0 Å². The van der Waals surface area contributed by atoms with E-state index in [-0.39, 0.29) is 11.7 Å². The van der Waals surface area contributed by atoms with Crippen molar-refractivity contribution in [3.63, 3.8) is 0 Å². The Balaban J connectivity index is 1.31. The molecule has 1 aliphatic carbocycles. The zero-order valence-corrected chi connectivity index (χ0v) is 21.4. The summed E-state index contributed by atoms with van der Waals surface area (Å²) < 4.78 is 1.94. The molecule has 0 bridgehead atoms. The van der Waals surface area contributed by atoms with Gasteiger partial charge in [0, 0.05) is 33.3 Å². The molecule has 9 heteroatoms. The van der Waals surface area contributed by atoms with Gasteiger partial charge in [-0.2, -0.15) is 5.26 Å². The molecule has 0 radical (unpaired) electrons. The van der Waals surface area contributed by atoms with E-state index >= 15 is 0 Å². The smallest absolute Gasteiger partial charge is 0.235 e. The fourth-order valence-corrected chi connectivity index (χ4v) is 7.15. The summed E-state index contributed by atoms with van der Waals surface area (Å²) in [6, 6.07) is 12.6. The molecule has 3 heterocycles. The van der Waals surface area contributed by atoms with Crippen molar-refractivity contribution >= 4 is 45.3 Å². The van der Waals surface area contributed by atoms with Crippen molar-refractivity contribution < 1.29 is 4.79 Å². The van der Waals surface area contributed by atoms with Crippen LogP contribution in [0.15, 0.2) is 40.9 Å². The molecule has 0 saturated heterocycles. The number of nitrogens with zero attached hydrogens (tertiary/aromatic N) is 4. The summed E-state index contributed by atoms with van der Waals surface area (Å²) in [6.45, 7) is 2.12. The minimum Gasteiger partial charge on any atom is -0.316 e. The molecule has 5 rings (SSSR count). The van der Waals surface area contributed by atoms with Crippen LogP contribution in [-0.2, 0) is 24.7 Å². The van der Waals surface area contributed by atoms with Crippen molar-refractivity contribution in [3.8, 4) is 28.6 Å². The minimum absolute atomic E-state index is 0.138. The third-order valence-electron chi connectivity index (χ3n) is 5.98. The number of thioether (sulfide) groups is 1. The lowest BCUT2D eigenvalue weighted by Gasteiger charge is -2.09. The second kappa shape index (κ2) is 9.74. The maximum Gasteiger partial charge on any atom is 0.235 e. The van der Waals surface area contributed by atoms with E-state index in [0.29, 0.717) is 15.7 Å². The molecule has 1 N–H and O–H groups in total. The zero-order valence-electron chi connectivity index (χ0n) is 18.9. The number of nitrogens with one attached hydrogen (secondary N) is 1. The van der Waals surface area contributed by atoms with E-state index in [9.17, 15) is 10.1 Å². The molecule has 0 spiro atoms. The molecule has 1 aromatic carbocycles. The predicted octanol–water partition coefficient (Wildman–Crippen LogP) is 6.06. The van der Waals surface area contributed by atoms with Gasteiger partial charge in [0.2, 0.25) is 5.91 Å².